The number of allylic oxidation sites excluding steroid dienone is 1. The van der Waals surface area contributed by atoms with Crippen LogP contribution < -0.4 is 76.0 Å². The average molecular weight is 542 g/mol. The van der Waals surface area contributed by atoms with Gasteiger partial charge in [-0.3, -0.25) is 9.59 Å². The van der Waals surface area contributed by atoms with Crippen LogP contribution in [-0.4, -0.2) is 39.0 Å². The maximum atomic E-state index is 13.8. The van der Waals surface area contributed by atoms with Gasteiger partial charge in [-0.2, -0.15) is 0 Å². The molecule has 0 aliphatic rings. The van der Waals surface area contributed by atoms with Crippen molar-refractivity contribution in [2.75, 3.05) is 26.6 Å². The number of anilines is 1. The Kier molecular flexibility index (Phi) is 11.7. The number of nitrogens with one attached hydrogen (secondary N) is 1. The molecule has 3 aromatic rings. The summed E-state index contributed by atoms with van der Waals surface area (Å²) in [6.45, 7) is 3.20. The fourth-order valence-electron chi connectivity index (χ4n) is 3.96. The zero-order valence-electron chi connectivity index (χ0n) is 22.3. The molecule has 0 aliphatic carbocycles. The van der Waals surface area contributed by atoms with E-state index < -0.39 is 11.8 Å². The van der Waals surface area contributed by atoms with Crippen LogP contribution in [0.25, 0.3) is 5.57 Å². The Morgan fingerprint density at radius 3 is 1.89 bits per heavy atom. The van der Waals surface area contributed by atoms with Crippen LogP contribution in [0.4, 0.5) is 5.69 Å². The first-order valence-electron chi connectivity index (χ1n) is 11.4. The molecule has 3 aromatic carbocycles. The normalized spacial score (nSPS) is 11.0. The number of hydrogen-bond acceptors (Lipinski definition) is 7. The van der Waals surface area contributed by atoms with E-state index in [-0.39, 0.29) is 80.4 Å². The monoisotopic (exact) mass is 541 g/mol. The number of carbonyl (C=O) groups excluding carboxylic acids is 3. The van der Waals surface area contributed by atoms with Gasteiger partial charge in [0.1, 0.15) is 17.2 Å². The molecule has 9 heteroatoms. The van der Waals surface area contributed by atoms with Crippen molar-refractivity contribution >= 4 is 28.9 Å². The maximum absolute atomic E-state index is 13.8. The number of rotatable bonds is 10. The number of amides is 1. The van der Waals surface area contributed by atoms with Gasteiger partial charge in [-0.05, 0) is 66.1 Å². The Bertz CT molecular complexity index is 1340. The fourth-order valence-corrected chi connectivity index (χ4v) is 3.96. The van der Waals surface area contributed by atoms with Crippen molar-refractivity contribution in [2.45, 2.75) is 20.3 Å². The molecule has 0 spiro atoms. The first kappa shape index (κ1) is 31.3. The van der Waals surface area contributed by atoms with Crippen LogP contribution in [-0.2, 0) is 16.0 Å². The van der Waals surface area contributed by atoms with Crippen molar-refractivity contribution < 1.29 is 85.1 Å². The molecule has 1 amide bonds. The van der Waals surface area contributed by atoms with Gasteiger partial charge in [0.2, 0.25) is 5.91 Å². The third kappa shape index (κ3) is 7.78. The predicted octanol–water partition coefficient (Wildman–Crippen LogP) is 0.612. The van der Waals surface area contributed by atoms with E-state index in [0.29, 0.717) is 34.1 Å². The van der Waals surface area contributed by atoms with Crippen molar-refractivity contribution in [2.24, 2.45) is 0 Å². The van der Waals surface area contributed by atoms with Gasteiger partial charge in [0, 0.05) is 41.8 Å². The summed E-state index contributed by atoms with van der Waals surface area (Å²) < 4.78 is 15.9. The number of benzene rings is 3. The number of carboxylic acids is 1. The molecule has 1 N–H and O–H groups in total. The van der Waals surface area contributed by atoms with E-state index in [2.05, 4.69) is 5.32 Å². The molecule has 0 heterocycles. The number of methoxy groups -OCH3 is 3. The minimum Gasteiger partial charge on any atom is -0.545 e. The van der Waals surface area contributed by atoms with E-state index in [9.17, 15) is 19.5 Å². The molecule has 0 aliphatic heterocycles. The number of ketones is 1. The van der Waals surface area contributed by atoms with Crippen molar-refractivity contribution in [3.05, 3.63) is 88.5 Å². The second-order valence-corrected chi connectivity index (χ2v) is 8.31. The number of aliphatic carboxylic acids is 1. The molecule has 3 rings (SSSR count). The molecule has 0 radical (unpaired) electrons. The summed E-state index contributed by atoms with van der Waals surface area (Å²) in [5, 5.41) is 15.2. The molecule has 192 valence electrons. The number of aryl methyl sites for hydroxylation is 1. The molecule has 38 heavy (non-hydrogen) atoms. The van der Waals surface area contributed by atoms with Crippen LogP contribution in [0.15, 0.2) is 66.2 Å². The number of carboxylic acid groups (broad SMARTS) is 1. The Morgan fingerprint density at radius 2 is 1.42 bits per heavy atom. The molecule has 0 saturated carbocycles. The number of carbonyl (C=O) groups is 3. The summed E-state index contributed by atoms with van der Waals surface area (Å²) in [5.41, 5.74) is 2.23. The minimum atomic E-state index is -1.52. The van der Waals surface area contributed by atoms with Gasteiger partial charge < -0.3 is 29.4 Å². The van der Waals surface area contributed by atoms with Gasteiger partial charge >= 0.3 is 51.4 Å². The third-order valence-corrected chi connectivity index (χ3v) is 5.73. The molecular weight excluding hydrogens is 513 g/mol. The van der Waals surface area contributed by atoms with Crippen LogP contribution in [0.1, 0.15) is 34.0 Å². The van der Waals surface area contributed by atoms with Gasteiger partial charge in [0.25, 0.3) is 0 Å². The molecular formula is C29H28KNO7. The SMILES string of the molecule is COc1cc(OC)cc(/C(C(=O)[O-])=C(/Cc2ccc(NC(C)=O)cc2)C(=O)c2ccc(OC)c(C)c2)c1.[K+]. The van der Waals surface area contributed by atoms with Crippen LogP contribution in [0.5, 0.6) is 17.2 Å². The van der Waals surface area contributed by atoms with Gasteiger partial charge in [0.15, 0.2) is 5.78 Å². The zero-order valence-corrected chi connectivity index (χ0v) is 25.5. The smallest absolute Gasteiger partial charge is 0.545 e. The van der Waals surface area contributed by atoms with E-state index >= 15 is 0 Å². The quantitative estimate of drug-likeness (QED) is 0.227. The molecule has 0 atom stereocenters. The fraction of sp³-hybridized carbons (Fsp3) is 0.207. The second-order valence-electron chi connectivity index (χ2n) is 8.31. The third-order valence-electron chi connectivity index (χ3n) is 5.73. The first-order chi connectivity index (χ1) is 17.7. The molecule has 0 aromatic heterocycles. The second kappa shape index (κ2) is 14.3. The van der Waals surface area contributed by atoms with Crippen LogP contribution in [0, 0.1) is 6.92 Å². The maximum Gasteiger partial charge on any atom is 1.00 e. The average Bonchev–Trinajstić information content (AvgIpc) is 2.88. The van der Waals surface area contributed by atoms with Crippen LogP contribution in [0.2, 0.25) is 0 Å². The van der Waals surface area contributed by atoms with Gasteiger partial charge in [0.05, 0.1) is 27.3 Å². The van der Waals surface area contributed by atoms with Gasteiger partial charge in [-0.25, -0.2) is 0 Å². The van der Waals surface area contributed by atoms with E-state index in [4.69, 9.17) is 14.2 Å². The molecule has 0 bridgehead atoms. The zero-order chi connectivity index (χ0) is 27.1. The summed E-state index contributed by atoms with van der Waals surface area (Å²) in [7, 11) is 4.43. The summed E-state index contributed by atoms with van der Waals surface area (Å²) in [5.74, 6) is -0.881. The van der Waals surface area contributed by atoms with Gasteiger partial charge in [-0.1, -0.05) is 12.1 Å². The Balaban J connectivity index is 0.00000507. The number of hydrogen-bond donors (Lipinski definition) is 1. The number of Topliss-reactive ketones (excluding diaryl/α,β-unsaturated/α-hetero) is 1. The minimum absolute atomic E-state index is 0. The van der Waals surface area contributed by atoms with E-state index in [1.165, 1.54) is 40.4 Å². The Morgan fingerprint density at radius 1 is 0.816 bits per heavy atom. The van der Waals surface area contributed by atoms with E-state index in [1.807, 2.05) is 0 Å². The van der Waals surface area contributed by atoms with Gasteiger partial charge in [-0.15, -0.1) is 0 Å². The molecule has 8 nitrogen and oxygen atoms in total. The predicted molar refractivity (Wildman–Crippen MR) is 138 cm³/mol. The summed E-state index contributed by atoms with van der Waals surface area (Å²) >= 11 is 0. The largest absolute Gasteiger partial charge is 1.00 e. The van der Waals surface area contributed by atoms with Crippen molar-refractivity contribution in [1.29, 1.82) is 0 Å². The standard InChI is InChI=1S/C29H29NO7.K/c1-17-12-20(8-11-26(17)37-5)28(32)25(13-19-6-9-22(10-7-19)30-18(2)31)27(29(33)34)21-14-23(35-3)16-24(15-21)36-4;/h6-12,14-16H,13H2,1-5H3,(H,30,31)(H,33,34);/q;+1/p-1/b27-25+;. The van der Waals surface area contributed by atoms with Crippen LogP contribution >= 0.6 is 0 Å². The summed E-state index contributed by atoms with van der Waals surface area (Å²) in [4.78, 5) is 37.7. The Labute approximate surface area is 264 Å². The van der Waals surface area contributed by atoms with E-state index in [0.717, 1.165) is 5.56 Å². The summed E-state index contributed by atoms with van der Waals surface area (Å²) in [6, 6.07) is 16.3. The molecule has 0 saturated heterocycles. The van der Waals surface area contributed by atoms with E-state index in [1.54, 1.807) is 55.5 Å². The van der Waals surface area contributed by atoms with Crippen LogP contribution in [0.3, 0.4) is 0 Å². The topological polar surface area (TPSA) is 114 Å². The Hall–Kier alpha value is -2.95. The van der Waals surface area contributed by atoms with Crippen molar-refractivity contribution in [3.63, 3.8) is 0 Å². The van der Waals surface area contributed by atoms with Crippen molar-refractivity contribution in [1.82, 2.24) is 0 Å². The first-order valence-corrected chi connectivity index (χ1v) is 11.4. The summed E-state index contributed by atoms with van der Waals surface area (Å²) in [6.07, 6.45) is -0.00685. The number of ether oxygens (including phenoxy) is 3. The molecule has 0 unspecified atom stereocenters. The van der Waals surface area contributed by atoms with Crippen molar-refractivity contribution in [3.8, 4) is 17.2 Å². The molecule has 0 fully saturated rings.